The highest BCUT2D eigenvalue weighted by Crippen LogP contribution is 2.34. The molecule has 8 heteroatoms. The second-order valence-corrected chi connectivity index (χ2v) is 11.7. The molecule has 39 heavy (non-hydrogen) atoms. The van der Waals surface area contributed by atoms with Crippen LogP contribution in [0.2, 0.25) is 0 Å². The molecule has 2 aromatic rings. The second-order valence-electron chi connectivity index (χ2n) is 11.7. The van der Waals surface area contributed by atoms with Crippen LogP contribution in [0, 0.1) is 12.3 Å². The van der Waals surface area contributed by atoms with Crippen LogP contribution >= 0.6 is 0 Å². The van der Waals surface area contributed by atoms with Crippen LogP contribution in [0.5, 0.6) is 5.75 Å². The zero-order valence-electron chi connectivity index (χ0n) is 24.0. The minimum Gasteiger partial charge on any atom is -0.497 e. The van der Waals surface area contributed by atoms with Crippen molar-refractivity contribution in [1.82, 2.24) is 14.8 Å². The molecule has 8 nitrogen and oxygen atoms in total. The fourth-order valence-electron chi connectivity index (χ4n) is 4.95. The minimum absolute atomic E-state index is 0.00347. The molecule has 0 N–H and O–H groups in total. The summed E-state index contributed by atoms with van der Waals surface area (Å²) >= 11 is 0. The number of carbonyl (C=O) groups excluding carboxylic acids is 2. The third-order valence-electron chi connectivity index (χ3n) is 7.18. The lowest BCUT2D eigenvalue weighted by molar-refractivity contribution is -0.142. The van der Waals surface area contributed by atoms with E-state index >= 15 is 0 Å². The van der Waals surface area contributed by atoms with E-state index in [1.165, 1.54) is 0 Å². The molecule has 0 radical (unpaired) electrons. The van der Waals surface area contributed by atoms with Gasteiger partial charge in [-0.05, 0) is 30.0 Å². The fourth-order valence-corrected chi connectivity index (χ4v) is 4.95. The summed E-state index contributed by atoms with van der Waals surface area (Å²) in [5, 5.41) is 6.42. The van der Waals surface area contributed by atoms with E-state index in [1.807, 2.05) is 52.0 Å². The second kappa shape index (κ2) is 12.7. The van der Waals surface area contributed by atoms with Crippen molar-refractivity contribution in [3.8, 4) is 5.75 Å². The average molecular weight is 535 g/mol. The maximum Gasteiger partial charge on any atom is 0.262 e. The van der Waals surface area contributed by atoms with Crippen LogP contribution in [0.25, 0.3) is 0 Å². The number of hydrogen-bond donors (Lipinski definition) is 0. The highest BCUT2D eigenvalue weighted by atomic mass is 16.5. The molecule has 210 valence electrons. The first kappa shape index (κ1) is 28.8. The van der Waals surface area contributed by atoms with Gasteiger partial charge in [0.1, 0.15) is 12.3 Å². The number of amides is 2. The zero-order chi connectivity index (χ0) is 28.0. The topological polar surface area (TPSA) is 74.7 Å². The number of methoxy groups -OCH3 is 1. The summed E-state index contributed by atoms with van der Waals surface area (Å²) < 4.78 is 10.9. The SMILES string of the molecule is COc1cccc(C2=NN(C(=O)CN(CCN3CCOCC3)C(=O)CC(C)(C)C)[C@H](c3ccc(C)cc3)C2)c1. The van der Waals surface area contributed by atoms with Crippen LogP contribution in [0.3, 0.4) is 0 Å². The van der Waals surface area contributed by atoms with Crippen molar-refractivity contribution in [2.75, 3.05) is 53.0 Å². The maximum atomic E-state index is 13.9. The van der Waals surface area contributed by atoms with Crippen LogP contribution in [-0.4, -0.2) is 85.4 Å². The maximum absolute atomic E-state index is 13.9. The summed E-state index contributed by atoms with van der Waals surface area (Å²) in [4.78, 5) is 31.3. The van der Waals surface area contributed by atoms with E-state index in [0.29, 0.717) is 39.1 Å². The summed E-state index contributed by atoms with van der Waals surface area (Å²) in [6, 6.07) is 15.8. The number of rotatable bonds is 9. The van der Waals surface area contributed by atoms with Gasteiger partial charge in [0.2, 0.25) is 5.91 Å². The van der Waals surface area contributed by atoms with Crippen molar-refractivity contribution in [3.05, 3.63) is 65.2 Å². The quantitative estimate of drug-likeness (QED) is 0.480. The standard InChI is InChI=1S/C31H42N4O4/c1-23-9-11-24(12-10-23)28-20-27(25-7-6-8-26(19-25)38-5)32-35(28)30(37)22-34(29(36)21-31(2,3)4)14-13-33-15-17-39-18-16-33/h6-12,19,28H,13-18,20-22H2,1-5H3/t28-/m0/s1. The molecule has 0 unspecified atom stereocenters. The molecule has 1 atom stereocenters. The first-order chi connectivity index (χ1) is 18.6. The van der Waals surface area contributed by atoms with E-state index < -0.39 is 0 Å². The van der Waals surface area contributed by atoms with Gasteiger partial charge in [0.05, 0.1) is 32.1 Å². The van der Waals surface area contributed by atoms with Gasteiger partial charge >= 0.3 is 0 Å². The lowest BCUT2D eigenvalue weighted by Crippen LogP contribution is -2.47. The lowest BCUT2D eigenvalue weighted by atomic mass is 9.91. The first-order valence-electron chi connectivity index (χ1n) is 13.8. The van der Waals surface area contributed by atoms with Crippen LogP contribution in [0.4, 0.5) is 0 Å². The minimum atomic E-state index is -0.238. The number of nitrogens with zero attached hydrogens (tertiary/aromatic N) is 4. The normalized spacial score (nSPS) is 18.1. The summed E-state index contributed by atoms with van der Waals surface area (Å²) in [5.74, 6) is 0.559. The Morgan fingerprint density at radius 2 is 1.82 bits per heavy atom. The molecule has 2 aromatic carbocycles. The number of hydrogen-bond acceptors (Lipinski definition) is 6. The number of ether oxygens (including phenoxy) is 2. The predicted molar refractivity (Wildman–Crippen MR) is 153 cm³/mol. The number of morpholine rings is 1. The van der Waals surface area contributed by atoms with Crippen molar-refractivity contribution in [3.63, 3.8) is 0 Å². The van der Waals surface area contributed by atoms with Gasteiger partial charge in [0, 0.05) is 44.6 Å². The molecule has 2 amide bonds. The Labute approximate surface area is 232 Å². The first-order valence-corrected chi connectivity index (χ1v) is 13.8. The third-order valence-corrected chi connectivity index (χ3v) is 7.18. The molecule has 0 saturated carbocycles. The highest BCUT2D eigenvalue weighted by Gasteiger charge is 2.35. The van der Waals surface area contributed by atoms with Gasteiger partial charge in [-0.25, -0.2) is 5.01 Å². The highest BCUT2D eigenvalue weighted by molar-refractivity contribution is 6.03. The van der Waals surface area contributed by atoms with E-state index in [9.17, 15) is 9.59 Å². The summed E-state index contributed by atoms with van der Waals surface area (Å²) in [6.45, 7) is 12.5. The number of hydrazone groups is 1. The molecule has 0 bridgehead atoms. The molecular formula is C31H42N4O4. The largest absolute Gasteiger partial charge is 0.497 e. The Morgan fingerprint density at radius 1 is 1.10 bits per heavy atom. The van der Waals surface area contributed by atoms with E-state index in [4.69, 9.17) is 14.6 Å². The molecule has 0 aromatic heterocycles. The van der Waals surface area contributed by atoms with E-state index in [1.54, 1.807) is 17.0 Å². The molecule has 2 aliphatic heterocycles. The molecule has 1 saturated heterocycles. The Kier molecular flexibility index (Phi) is 9.40. The van der Waals surface area contributed by atoms with Crippen LogP contribution in [-0.2, 0) is 14.3 Å². The Hall–Kier alpha value is -3.23. The average Bonchev–Trinajstić information content (AvgIpc) is 3.37. The predicted octanol–water partition coefficient (Wildman–Crippen LogP) is 4.28. The Morgan fingerprint density at radius 3 is 2.49 bits per heavy atom. The molecule has 2 aliphatic rings. The molecular weight excluding hydrogens is 492 g/mol. The number of aryl methyl sites for hydroxylation is 1. The molecule has 0 aliphatic carbocycles. The van der Waals surface area contributed by atoms with Crippen molar-refractivity contribution in [1.29, 1.82) is 0 Å². The molecule has 1 fully saturated rings. The van der Waals surface area contributed by atoms with E-state index in [0.717, 1.165) is 41.2 Å². The van der Waals surface area contributed by atoms with Gasteiger partial charge in [-0.15, -0.1) is 0 Å². The molecule has 0 spiro atoms. The van der Waals surface area contributed by atoms with Crippen LogP contribution in [0.1, 0.15) is 56.3 Å². The fraction of sp³-hybridized carbons (Fsp3) is 0.516. The summed E-state index contributed by atoms with van der Waals surface area (Å²) in [7, 11) is 1.64. The van der Waals surface area contributed by atoms with Crippen LogP contribution < -0.4 is 4.74 Å². The van der Waals surface area contributed by atoms with Crippen LogP contribution in [0.15, 0.2) is 53.6 Å². The molecule has 4 rings (SSSR count). The monoisotopic (exact) mass is 534 g/mol. The van der Waals surface area contributed by atoms with Gasteiger partial charge in [0.25, 0.3) is 5.91 Å². The third kappa shape index (κ3) is 7.90. The van der Waals surface area contributed by atoms with Gasteiger partial charge < -0.3 is 14.4 Å². The van der Waals surface area contributed by atoms with Gasteiger partial charge in [-0.1, -0.05) is 62.7 Å². The Bertz CT molecular complexity index is 1170. The van der Waals surface area contributed by atoms with Gasteiger partial charge in [-0.2, -0.15) is 5.10 Å². The van der Waals surface area contributed by atoms with Gasteiger partial charge in [-0.3, -0.25) is 14.5 Å². The summed E-state index contributed by atoms with van der Waals surface area (Å²) in [5.41, 5.74) is 3.76. The van der Waals surface area contributed by atoms with Crippen molar-refractivity contribution in [2.45, 2.75) is 46.6 Å². The number of carbonyl (C=O) groups is 2. The lowest BCUT2D eigenvalue weighted by Gasteiger charge is -2.32. The number of benzene rings is 2. The van der Waals surface area contributed by atoms with Crippen molar-refractivity contribution >= 4 is 17.5 Å². The zero-order valence-corrected chi connectivity index (χ0v) is 24.0. The molecule has 2 heterocycles. The van der Waals surface area contributed by atoms with Crippen molar-refractivity contribution in [2.24, 2.45) is 10.5 Å². The van der Waals surface area contributed by atoms with E-state index in [2.05, 4.69) is 29.2 Å². The van der Waals surface area contributed by atoms with E-state index in [-0.39, 0.29) is 29.8 Å². The van der Waals surface area contributed by atoms with Crippen molar-refractivity contribution < 1.29 is 19.1 Å². The summed E-state index contributed by atoms with van der Waals surface area (Å²) in [6.07, 6.45) is 0.967. The Balaban J connectivity index is 1.58. The smallest absolute Gasteiger partial charge is 0.262 e. The van der Waals surface area contributed by atoms with Gasteiger partial charge in [0.15, 0.2) is 0 Å².